The highest BCUT2D eigenvalue weighted by Crippen LogP contribution is 2.85. The van der Waals surface area contributed by atoms with Gasteiger partial charge < -0.3 is 4.74 Å². The molecule has 7 rings (SSSR count). The van der Waals surface area contributed by atoms with Crippen molar-refractivity contribution in [2.45, 2.75) is 60.3 Å². The van der Waals surface area contributed by atoms with Crippen molar-refractivity contribution in [3.63, 3.8) is 0 Å². The van der Waals surface area contributed by atoms with Gasteiger partial charge in [0.05, 0.1) is 5.41 Å². The van der Waals surface area contributed by atoms with Gasteiger partial charge in [0, 0.05) is 21.8 Å². The van der Waals surface area contributed by atoms with E-state index in [9.17, 15) is 14.4 Å². The summed E-state index contributed by atoms with van der Waals surface area (Å²) in [6.45, 7) is 11.0. The van der Waals surface area contributed by atoms with E-state index in [-0.39, 0.29) is 34.4 Å². The maximum atomic E-state index is 13.8. The highest BCUT2D eigenvalue weighted by atomic mass is 16.5. The Bertz CT molecular complexity index is 987. The number of ether oxygens (including phenoxy) is 1. The molecule has 0 aromatic heterocycles. The van der Waals surface area contributed by atoms with E-state index in [1.165, 1.54) is 0 Å². The zero-order chi connectivity index (χ0) is 20.8. The summed E-state index contributed by atoms with van der Waals surface area (Å²) >= 11 is 0. The quantitative estimate of drug-likeness (QED) is 0.582. The largest absolute Gasteiger partial charge is 0.461 e. The van der Waals surface area contributed by atoms with Gasteiger partial charge >= 0.3 is 5.97 Å². The van der Waals surface area contributed by atoms with Crippen molar-refractivity contribution < 1.29 is 19.1 Å². The van der Waals surface area contributed by atoms with E-state index >= 15 is 0 Å². The molecule has 29 heavy (non-hydrogen) atoms. The predicted octanol–water partition coefficient (Wildman–Crippen LogP) is 4.04. The smallest absolute Gasteiger partial charge is 0.334 e. The molecule has 154 valence electrons. The van der Waals surface area contributed by atoms with Gasteiger partial charge in [-0.15, -0.1) is 0 Å². The Morgan fingerprint density at radius 1 is 1.03 bits per heavy atom. The van der Waals surface area contributed by atoms with Crippen molar-refractivity contribution in [1.29, 1.82) is 0 Å². The van der Waals surface area contributed by atoms with Crippen LogP contribution < -0.4 is 0 Å². The van der Waals surface area contributed by atoms with Crippen LogP contribution in [0.15, 0.2) is 23.8 Å². The number of fused-ring (bicyclic) bond motifs is 2. The van der Waals surface area contributed by atoms with Crippen LogP contribution in [-0.4, -0.2) is 24.1 Å². The van der Waals surface area contributed by atoms with Gasteiger partial charge in [-0.2, -0.15) is 0 Å². The molecule has 0 radical (unpaired) electrons. The van der Waals surface area contributed by atoms with Gasteiger partial charge in [-0.1, -0.05) is 39.8 Å². The first-order valence-electron chi connectivity index (χ1n) is 11.1. The standard InChI is InChI=1S/C25H30O4/c1-20(2)15-6-9-24-12-21(3)10-14-18(27)29-13-25(14,24)23(5,19(21)28)11-16(24)22(15,4)8-7-17(20)26/h7-8,10,15-16H,6,9,11-13H2,1-5H3/t15-,16-,21+,22-,23-,24-,25+/m0/s1. The first-order valence-corrected chi connectivity index (χ1v) is 11.1. The van der Waals surface area contributed by atoms with Gasteiger partial charge in [-0.3, -0.25) is 9.59 Å². The number of esters is 1. The lowest BCUT2D eigenvalue weighted by atomic mass is 9.34. The van der Waals surface area contributed by atoms with Crippen LogP contribution in [0.3, 0.4) is 0 Å². The average molecular weight is 395 g/mol. The molecule has 2 spiro atoms. The molecule has 4 bridgehead atoms. The van der Waals surface area contributed by atoms with Crippen molar-refractivity contribution in [3.8, 4) is 0 Å². The molecule has 4 heteroatoms. The summed E-state index contributed by atoms with van der Waals surface area (Å²) in [4.78, 5) is 39.4. The summed E-state index contributed by atoms with van der Waals surface area (Å²) in [6.07, 6.45) is 9.46. The lowest BCUT2D eigenvalue weighted by molar-refractivity contribution is -0.177. The molecular formula is C25H30O4. The monoisotopic (exact) mass is 394 g/mol. The van der Waals surface area contributed by atoms with Gasteiger partial charge in [0.15, 0.2) is 5.78 Å². The molecule has 7 atom stereocenters. The van der Waals surface area contributed by atoms with Crippen LogP contribution >= 0.6 is 0 Å². The molecule has 4 fully saturated rings. The van der Waals surface area contributed by atoms with Crippen molar-refractivity contribution in [2.75, 3.05) is 6.61 Å². The van der Waals surface area contributed by atoms with E-state index in [2.05, 4.69) is 33.8 Å². The molecule has 0 amide bonds. The van der Waals surface area contributed by atoms with E-state index in [4.69, 9.17) is 4.74 Å². The highest BCUT2D eigenvalue weighted by molar-refractivity contribution is 6.05. The maximum Gasteiger partial charge on any atom is 0.334 e. The minimum absolute atomic E-state index is 0.118. The van der Waals surface area contributed by atoms with Crippen molar-refractivity contribution in [3.05, 3.63) is 23.8 Å². The summed E-state index contributed by atoms with van der Waals surface area (Å²) < 4.78 is 5.70. The van der Waals surface area contributed by atoms with E-state index in [0.29, 0.717) is 12.4 Å². The average Bonchev–Trinajstić information content (AvgIpc) is 3.08. The fraction of sp³-hybridized carbons (Fsp3) is 0.720. The number of Topliss-reactive ketones (excluding diaryl/α,β-unsaturated/α-hetero) is 1. The minimum atomic E-state index is -0.586. The van der Waals surface area contributed by atoms with E-state index in [1.54, 1.807) is 6.08 Å². The lowest BCUT2D eigenvalue weighted by Gasteiger charge is -2.66. The molecular weight excluding hydrogens is 364 g/mol. The second-order valence-electron chi connectivity index (χ2n) is 12.1. The molecule has 1 heterocycles. The molecule has 4 nitrogen and oxygen atoms in total. The molecule has 1 saturated heterocycles. The van der Waals surface area contributed by atoms with E-state index in [0.717, 1.165) is 31.3 Å². The van der Waals surface area contributed by atoms with Gasteiger partial charge in [0.25, 0.3) is 0 Å². The number of cyclic esters (lactones) is 1. The number of allylic oxidation sites excluding steroid dienone is 3. The van der Waals surface area contributed by atoms with Crippen molar-refractivity contribution in [1.82, 2.24) is 0 Å². The second-order valence-corrected chi connectivity index (χ2v) is 12.1. The van der Waals surface area contributed by atoms with Gasteiger partial charge in [0.1, 0.15) is 12.4 Å². The molecule has 0 aromatic rings. The summed E-state index contributed by atoms with van der Waals surface area (Å²) in [7, 11) is 0. The van der Waals surface area contributed by atoms with Crippen LogP contribution in [0.1, 0.15) is 60.3 Å². The SMILES string of the molecule is CC1(C)C(=O)C=C[C@@]2(C)[C@H]1CC[C@@]13C[C@@]4(C)C=C5C(=O)OC[C@]51[C@@](C)(C[C@@H]23)C4=O. The summed E-state index contributed by atoms with van der Waals surface area (Å²) in [5, 5.41) is 0. The van der Waals surface area contributed by atoms with E-state index < -0.39 is 21.7 Å². The zero-order valence-electron chi connectivity index (χ0n) is 18.1. The summed E-state index contributed by atoms with van der Waals surface area (Å²) in [6, 6.07) is 0. The first kappa shape index (κ1) is 18.1. The Morgan fingerprint density at radius 3 is 2.48 bits per heavy atom. The summed E-state index contributed by atoms with van der Waals surface area (Å²) in [5.41, 5.74) is -1.53. The van der Waals surface area contributed by atoms with Crippen LogP contribution in [0.2, 0.25) is 0 Å². The van der Waals surface area contributed by atoms with Crippen LogP contribution in [0, 0.1) is 44.3 Å². The number of carbonyl (C=O) groups is 3. The molecule has 0 N–H and O–H groups in total. The normalized spacial score (nSPS) is 55.9. The third kappa shape index (κ3) is 1.48. The Labute approximate surface area is 172 Å². The molecule has 0 unspecified atom stereocenters. The second kappa shape index (κ2) is 4.48. The summed E-state index contributed by atoms with van der Waals surface area (Å²) in [5.74, 6) is 0.825. The molecule has 6 aliphatic carbocycles. The Hall–Kier alpha value is -1.71. The van der Waals surface area contributed by atoms with Gasteiger partial charge in [0.2, 0.25) is 0 Å². The lowest BCUT2D eigenvalue weighted by Crippen LogP contribution is -2.67. The number of hydrogen-bond acceptors (Lipinski definition) is 4. The number of carbonyl (C=O) groups excluding carboxylic acids is 3. The number of ketones is 2. The highest BCUT2D eigenvalue weighted by Gasteiger charge is 2.85. The first-order chi connectivity index (χ1) is 13.4. The molecule has 3 saturated carbocycles. The van der Waals surface area contributed by atoms with Gasteiger partial charge in [-0.25, -0.2) is 4.79 Å². The third-order valence-electron chi connectivity index (χ3n) is 10.8. The van der Waals surface area contributed by atoms with Crippen LogP contribution in [0.5, 0.6) is 0 Å². The van der Waals surface area contributed by atoms with Crippen LogP contribution in [0.4, 0.5) is 0 Å². The number of hydrogen-bond donors (Lipinski definition) is 0. The third-order valence-corrected chi connectivity index (χ3v) is 10.8. The Morgan fingerprint density at radius 2 is 1.76 bits per heavy atom. The molecule has 1 aliphatic heterocycles. The fourth-order valence-electron chi connectivity index (χ4n) is 9.80. The Kier molecular flexibility index (Phi) is 2.79. The number of rotatable bonds is 0. The Balaban J connectivity index is 1.64. The predicted molar refractivity (Wildman–Crippen MR) is 107 cm³/mol. The molecule has 7 aliphatic rings. The maximum absolute atomic E-state index is 13.8. The van der Waals surface area contributed by atoms with Crippen molar-refractivity contribution >= 4 is 17.5 Å². The van der Waals surface area contributed by atoms with Crippen LogP contribution in [0.25, 0.3) is 0 Å². The van der Waals surface area contributed by atoms with Gasteiger partial charge in [-0.05, 0) is 61.3 Å². The fourth-order valence-corrected chi connectivity index (χ4v) is 9.80. The molecule has 0 aromatic carbocycles. The van der Waals surface area contributed by atoms with Crippen molar-refractivity contribution in [2.24, 2.45) is 44.3 Å². The topological polar surface area (TPSA) is 60.4 Å². The van der Waals surface area contributed by atoms with Crippen LogP contribution in [-0.2, 0) is 19.1 Å². The minimum Gasteiger partial charge on any atom is -0.461 e. The van der Waals surface area contributed by atoms with E-state index in [1.807, 2.05) is 13.0 Å². The zero-order valence-corrected chi connectivity index (χ0v) is 18.1.